The van der Waals surface area contributed by atoms with Crippen molar-refractivity contribution in [1.82, 2.24) is 4.90 Å². The van der Waals surface area contributed by atoms with E-state index < -0.39 is 6.09 Å². The first-order chi connectivity index (χ1) is 19.1. The number of hydrogen-bond acceptors (Lipinski definition) is 7. The van der Waals surface area contributed by atoms with Gasteiger partial charge in [0.25, 0.3) is 0 Å². The van der Waals surface area contributed by atoms with Crippen molar-refractivity contribution in [3.63, 3.8) is 0 Å². The minimum Gasteiger partial charge on any atom is -0.494 e. The Hall–Kier alpha value is -2.71. The molecule has 3 heterocycles. The van der Waals surface area contributed by atoms with Crippen LogP contribution in [0.5, 0.6) is 5.75 Å². The molecule has 0 aliphatic carbocycles. The lowest BCUT2D eigenvalue weighted by Gasteiger charge is -2.37. The van der Waals surface area contributed by atoms with Crippen LogP contribution in [-0.2, 0) is 22.4 Å². The molecule has 0 atom stereocenters. The van der Waals surface area contributed by atoms with Crippen LogP contribution in [0.4, 0.5) is 16.2 Å². The quantitative estimate of drug-likeness (QED) is 0.321. The Bertz CT molecular complexity index is 1150. The molecule has 5 rings (SSSR count). The topological polar surface area (TPSA) is 62.3 Å². The van der Waals surface area contributed by atoms with E-state index in [1.165, 1.54) is 27.7 Å². The summed E-state index contributed by atoms with van der Waals surface area (Å²) in [4.78, 5) is 33.0. The number of fused-ring (bicyclic) bond motifs is 2. The SMILES string of the molecule is CCCCCOC(=O)N1C(=O)CCc2ccc(OCCCCN3CCN(c4cccc5c4CCS5)CC3)cc21. The smallest absolute Gasteiger partial charge is 0.421 e. The molecule has 7 nitrogen and oxygen atoms in total. The van der Waals surface area contributed by atoms with Crippen molar-refractivity contribution < 1.29 is 19.1 Å². The van der Waals surface area contributed by atoms with Crippen molar-refractivity contribution in [1.29, 1.82) is 0 Å². The maximum absolute atomic E-state index is 12.7. The van der Waals surface area contributed by atoms with E-state index in [4.69, 9.17) is 9.47 Å². The molecule has 39 heavy (non-hydrogen) atoms. The third-order valence-electron chi connectivity index (χ3n) is 7.88. The molecule has 2 aromatic rings. The van der Waals surface area contributed by atoms with Crippen molar-refractivity contribution in [2.45, 2.75) is 63.2 Å². The second kappa shape index (κ2) is 13.6. The molecule has 3 aliphatic heterocycles. The molecule has 210 valence electrons. The average molecular weight is 552 g/mol. The molecule has 3 aliphatic rings. The fraction of sp³-hybridized carbons (Fsp3) is 0.548. The van der Waals surface area contributed by atoms with Gasteiger partial charge in [0.2, 0.25) is 5.91 Å². The molecule has 0 N–H and O–H groups in total. The van der Waals surface area contributed by atoms with Crippen molar-refractivity contribution in [2.24, 2.45) is 0 Å². The van der Waals surface area contributed by atoms with Gasteiger partial charge in [-0.2, -0.15) is 0 Å². The number of benzene rings is 2. The van der Waals surface area contributed by atoms with E-state index in [0.717, 1.165) is 70.4 Å². The molecular formula is C31H41N3O4S. The summed E-state index contributed by atoms with van der Waals surface area (Å²) in [6.07, 6.45) is 6.47. The van der Waals surface area contributed by atoms with Gasteiger partial charge in [-0.25, -0.2) is 9.69 Å². The first-order valence-electron chi connectivity index (χ1n) is 14.6. The van der Waals surface area contributed by atoms with Crippen LogP contribution in [0, 0.1) is 0 Å². The van der Waals surface area contributed by atoms with Gasteiger partial charge in [-0.15, -0.1) is 11.8 Å². The average Bonchev–Trinajstić information content (AvgIpc) is 3.45. The first-order valence-corrected chi connectivity index (χ1v) is 15.6. The summed E-state index contributed by atoms with van der Waals surface area (Å²) in [5.74, 6) is 1.69. The van der Waals surface area contributed by atoms with Gasteiger partial charge in [0, 0.05) is 55.0 Å². The van der Waals surface area contributed by atoms with E-state index >= 15 is 0 Å². The summed E-state index contributed by atoms with van der Waals surface area (Å²) in [6.45, 7) is 8.50. The Balaban J connectivity index is 1.05. The van der Waals surface area contributed by atoms with Crippen molar-refractivity contribution >= 4 is 35.1 Å². The fourth-order valence-electron chi connectivity index (χ4n) is 5.66. The molecule has 0 radical (unpaired) electrons. The normalized spacial score (nSPS) is 17.2. The molecular weight excluding hydrogens is 510 g/mol. The number of unbranched alkanes of at least 4 members (excludes halogenated alkanes) is 3. The van der Waals surface area contributed by atoms with Crippen LogP contribution < -0.4 is 14.5 Å². The minimum absolute atomic E-state index is 0.212. The number of carbonyl (C=O) groups is 2. The number of anilines is 2. The van der Waals surface area contributed by atoms with Gasteiger partial charge < -0.3 is 14.4 Å². The molecule has 0 spiro atoms. The highest BCUT2D eigenvalue weighted by Crippen LogP contribution is 2.37. The number of imide groups is 1. The zero-order chi connectivity index (χ0) is 27.0. The van der Waals surface area contributed by atoms with E-state index in [9.17, 15) is 9.59 Å². The molecule has 0 bridgehead atoms. The van der Waals surface area contributed by atoms with Crippen LogP contribution in [0.1, 0.15) is 56.6 Å². The number of aryl methyl sites for hydroxylation is 1. The molecule has 1 fully saturated rings. The molecule has 0 unspecified atom stereocenters. The van der Waals surface area contributed by atoms with Crippen LogP contribution >= 0.6 is 11.8 Å². The molecule has 2 amide bonds. The van der Waals surface area contributed by atoms with Crippen LogP contribution in [0.2, 0.25) is 0 Å². The van der Waals surface area contributed by atoms with Crippen LogP contribution in [-0.4, -0.2) is 68.6 Å². The molecule has 8 heteroatoms. The van der Waals surface area contributed by atoms with Gasteiger partial charge in [-0.1, -0.05) is 31.9 Å². The monoisotopic (exact) mass is 551 g/mol. The maximum Gasteiger partial charge on any atom is 0.421 e. The van der Waals surface area contributed by atoms with Gasteiger partial charge in [0.05, 0.1) is 18.9 Å². The second-order valence-electron chi connectivity index (χ2n) is 10.6. The largest absolute Gasteiger partial charge is 0.494 e. The van der Waals surface area contributed by atoms with Gasteiger partial charge in [0.1, 0.15) is 5.75 Å². The third kappa shape index (κ3) is 6.90. The number of rotatable bonds is 11. The Kier molecular flexibility index (Phi) is 9.69. The highest BCUT2D eigenvalue weighted by Gasteiger charge is 2.31. The zero-order valence-corrected chi connectivity index (χ0v) is 24.0. The highest BCUT2D eigenvalue weighted by atomic mass is 32.2. The molecule has 1 saturated heterocycles. The fourth-order valence-corrected chi connectivity index (χ4v) is 6.74. The Morgan fingerprint density at radius 3 is 2.62 bits per heavy atom. The minimum atomic E-state index is -0.579. The summed E-state index contributed by atoms with van der Waals surface area (Å²) >= 11 is 1.99. The lowest BCUT2D eigenvalue weighted by atomic mass is 10.0. The number of piperazine rings is 1. The maximum atomic E-state index is 12.7. The molecule has 0 aromatic heterocycles. The number of carbonyl (C=O) groups excluding carboxylic acids is 2. The third-order valence-corrected chi connectivity index (χ3v) is 8.98. The van der Waals surface area contributed by atoms with E-state index in [2.05, 4.69) is 34.9 Å². The summed E-state index contributed by atoms with van der Waals surface area (Å²) in [7, 11) is 0. The highest BCUT2D eigenvalue weighted by molar-refractivity contribution is 7.99. The van der Waals surface area contributed by atoms with Gasteiger partial charge in [-0.3, -0.25) is 9.69 Å². The second-order valence-corrected chi connectivity index (χ2v) is 11.7. The van der Waals surface area contributed by atoms with Crippen molar-refractivity contribution in [3.05, 3.63) is 47.5 Å². The van der Waals surface area contributed by atoms with Gasteiger partial charge in [-0.05, 0) is 68.0 Å². The summed E-state index contributed by atoms with van der Waals surface area (Å²) < 4.78 is 11.4. The number of ether oxygens (including phenoxy) is 2. The number of thioether (sulfide) groups is 1. The number of hydrogen-bond donors (Lipinski definition) is 0. The predicted molar refractivity (Wildman–Crippen MR) is 157 cm³/mol. The van der Waals surface area contributed by atoms with E-state index in [1.54, 1.807) is 5.56 Å². The molecule has 0 saturated carbocycles. The lowest BCUT2D eigenvalue weighted by molar-refractivity contribution is -0.118. The van der Waals surface area contributed by atoms with Crippen LogP contribution in [0.15, 0.2) is 41.3 Å². The van der Waals surface area contributed by atoms with E-state index in [1.807, 2.05) is 30.0 Å². The Labute approximate surface area is 236 Å². The van der Waals surface area contributed by atoms with Gasteiger partial charge in [0.15, 0.2) is 0 Å². The van der Waals surface area contributed by atoms with E-state index in [0.29, 0.717) is 37.5 Å². The summed E-state index contributed by atoms with van der Waals surface area (Å²) in [5, 5.41) is 0. The lowest BCUT2D eigenvalue weighted by Crippen LogP contribution is -2.47. The van der Waals surface area contributed by atoms with Gasteiger partial charge >= 0.3 is 6.09 Å². The Morgan fingerprint density at radius 2 is 1.77 bits per heavy atom. The summed E-state index contributed by atoms with van der Waals surface area (Å²) in [6, 6.07) is 12.5. The predicted octanol–water partition coefficient (Wildman–Crippen LogP) is 5.92. The first kappa shape index (κ1) is 27.8. The zero-order valence-electron chi connectivity index (χ0n) is 23.2. The van der Waals surface area contributed by atoms with Crippen molar-refractivity contribution in [2.75, 3.05) is 61.5 Å². The Morgan fingerprint density at radius 1 is 0.923 bits per heavy atom. The van der Waals surface area contributed by atoms with Crippen molar-refractivity contribution in [3.8, 4) is 5.75 Å². The number of amides is 2. The standard InChI is InChI=1S/C31H41N3O4S/c1-2-3-5-21-38-31(36)34-28-23-25(12-10-24(28)11-13-30(34)35)37-20-6-4-15-32-16-18-33(19-17-32)27-8-7-9-29-26(27)14-22-39-29/h7-10,12,23H,2-6,11,13-22H2,1H3. The summed E-state index contributed by atoms with van der Waals surface area (Å²) in [5.41, 5.74) is 4.57. The van der Waals surface area contributed by atoms with Crippen LogP contribution in [0.25, 0.3) is 0 Å². The molecule has 2 aromatic carbocycles. The van der Waals surface area contributed by atoms with Crippen LogP contribution in [0.3, 0.4) is 0 Å². The van der Waals surface area contributed by atoms with E-state index in [-0.39, 0.29) is 5.91 Å². The number of nitrogens with zero attached hydrogens (tertiary/aromatic N) is 3.